The van der Waals surface area contributed by atoms with E-state index in [9.17, 15) is 9.59 Å². The molecule has 1 atom stereocenters. The number of aryl methyl sites for hydroxylation is 2. The zero-order valence-corrected chi connectivity index (χ0v) is 17.9. The van der Waals surface area contributed by atoms with Crippen molar-refractivity contribution in [3.05, 3.63) is 82.1 Å². The van der Waals surface area contributed by atoms with Crippen LogP contribution in [0.2, 0.25) is 5.02 Å². The van der Waals surface area contributed by atoms with Crippen LogP contribution in [0.5, 0.6) is 0 Å². The molecule has 2 amide bonds. The van der Waals surface area contributed by atoms with Gasteiger partial charge in [0.25, 0.3) is 5.91 Å². The number of halogens is 1. The van der Waals surface area contributed by atoms with Crippen LogP contribution in [0.15, 0.2) is 54.6 Å². The van der Waals surface area contributed by atoms with E-state index in [1.165, 1.54) is 0 Å². The first-order valence-electron chi connectivity index (χ1n) is 9.76. The lowest BCUT2D eigenvalue weighted by molar-refractivity contribution is -0.126. The molecule has 0 saturated carbocycles. The summed E-state index contributed by atoms with van der Waals surface area (Å²) in [5.41, 5.74) is 2.78. The standard InChI is InChI=1S/C23H23ClN4O2/c1-15-4-10-19(11-5-15)28-21(29)20-12-16(2)26-27(20)14-23(28,3)22(30)25-13-17-6-8-18(24)9-7-17/h4-12H,13-14H2,1-3H3,(H,25,30)/t23-/m0/s1. The lowest BCUT2D eigenvalue weighted by Gasteiger charge is -2.43. The maximum Gasteiger partial charge on any atom is 0.277 e. The molecule has 0 spiro atoms. The number of hydrogen-bond acceptors (Lipinski definition) is 3. The Bertz CT molecular complexity index is 1110. The fourth-order valence-corrected chi connectivity index (χ4v) is 3.91. The first kappa shape index (κ1) is 20.2. The SMILES string of the molecule is Cc1ccc(N2C(=O)c3cc(C)nn3C[C@@]2(C)C(=O)NCc2ccc(Cl)cc2)cc1. The number of rotatable bonds is 4. The van der Waals surface area contributed by atoms with E-state index in [0.29, 0.717) is 22.9 Å². The molecule has 154 valence electrons. The second-order valence-electron chi connectivity index (χ2n) is 7.89. The van der Waals surface area contributed by atoms with E-state index in [2.05, 4.69) is 10.4 Å². The highest BCUT2D eigenvalue weighted by Crippen LogP contribution is 2.33. The lowest BCUT2D eigenvalue weighted by Crippen LogP contribution is -2.64. The third-order valence-corrected chi connectivity index (χ3v) is 5.68. The smallest absolute Gasteiger partial charge is 0.277 e. The van der Waals surface area contributed by atoms with Crippen LogP contribution >= 0.6 is 11.6 Å². The number of nitrogens with zero attached hydrogens (tertiary/aromatic N) is 3. The average molecular weight is 423 g/mol. The van der Waals surface area contributed by atoms with Crippen LogP contribution in [0.4, 0.5) is 5.69 Å². The third-order valence-electron chi connectivity index (χ3n) is 5.42. The Balaban J connectivity index is 1.69. The minimum Gasteiger partial charge on any atom is -0.350 e. The Morgan fingerprint density at radius 3 is 2.47 bits per heavy atom. The second kappa shape index (κ2) is 7.61. The summed E-state index contributed by atoms with van der Waals surface area (Å²) in [5, 5.41) is 8.05. The van der Waals surface area contributed by atoms with E-state index in [1.807, 2.05) is 50.2 Å². The van der Waals surface area contributed by atoms with Crippen LogP contribution in [0.3, 0.4) is 0 Å². The van der Waals surface area contributed by atoms with Crippen molar-refractivity contribution in [3.8, 4) is 0 Å². The fourth-order valence-electron chi connectivity index (χ4n) is 3.78. The maximum atomic E-state index is 13.4. The molecule has 0 radical (unpaired) electrons. The van der Waals surface area contributed by atoms with Crippen molar-refractivity contribution >= 4 is 29.1 Å². The number of nitrogens with one attached hydrogen (secondary N) is 1. The first-order chi connectivity index (χ1) is 14.3. The molecule has 0 saturated heterocycles. The van der Waals surface area contributed by atoms with Gasteiger partial charge in [0, 0.05) is 17.3 Å². The number of aromatic nitrogens is 2. The molecule has 1 N–H and O–H groups in total. The summed E-state index contributed by atoms with van der Waals surface area (Å²) in [6, 6.07) is 16.7. The van der Waals surface area contributed by atoms with Crippen molar-refractivity contribution in [2.24, 2.45) is 0 Å². The second-order valence-corrected chi connectivity index (χ2v) is 8.32. The zero-order chi connectivity index (χ0) is 21.5. The van der Waals surface area contributed by atoms with Gasteiger partial charge in [0.05, 0.1) is 12.2 Å². The van der Waals surface area contributed by atoms with E-state index in [1.54, 1.807) is 34.7 Å². The quantitative estimate of drug-likeness (QED) is 0.693. The predicted molar refractivity (Wildman–Crippen MR) is 117 cm³/mol. The average Bonchev–Trinajstić information content (AvgIpc) is 3.09. The summed E-state index contributed by atoms with van der Waals surface area (Å²) in [5.74, 6) is -0.486. The first-order valence-corrected chi connectivity index (χ1v) is 10.1. The molecule has 30 heavy (non-hydrogen) atoms. The van der Waals surface area contributed by atoms with Gasteiger partial charge in [0.1, 0.15) is 11.2 Å². The highest BCUT2D eigenvalue weighted by atomic mass is 35.5. The minimum atomic E-state index is -1.13. The number of carbonyl (C=O) groups excluding carboxylic acids is 2. The summed E-state index contributed by atoms with van der Waals surface area (Å²) in [7, 11) is 0. The van der Waals surface area contributed by atoms with Gasteiger partial charge in [-0.3, -0.25) is 19.2 Å². The summed E-state index contributed by atoms with van der Waals surface area (Å²) in [6.45, 7) is 6.21. The van der Waals surface area contributed by atoms with E-state index in [-0.39, 0.29) is 18.4 Å². The van der Waals surface area contributed by atoms with Crippen molar-refractivity contribution in [2.45, 2.75) is 39.4 Å². The molecule has 7 heteroatoms. The van der Waals surface area contributed by atoms with Crippen molar-refractivity contribution < 1.29 is 9.59 Å². The number of amides is 2. The molecular formula is C23H23ClN4O2. The van der Waals surface area contributed by atoms with E-state index in [4.69, 9.17) is 11.6 Å². The molecule has 1 aromatic heterocycles. The van der Waals surface area contributed by atoms with Gasteiger partial charge >= 0.3 is 0 Å². The van der Waals surface area contributed by atoms with Crippen LogP contribution in [-0.2, 0) is 17.9 Å². The monoisotopic (exact) mass is 422 g/mol. The molecule has 0 aliphatic carbocycles. The summed E-state index contributed by atoms with van der Waals surface area (Å²) in [6.07, 6.45) is 0. The van der Waals surface area contributed by atoms with Crippen LogP contribution in [0.1, 0.15) is 34.2 Å². The Hall–Kier alpha value is -3.12. The number of benzene rings is 2. The Kier molecular flexibility index (Phi) is 5.12. The summed E-state index contributed by atoms with van der Waals surface area (Å²) >= 11 is 5.94. The van der Waals surface area contributed by atoms with E-state index >= 15 is 0 Å². The fraction of sp³-hybridized carbons (Fsp3) is 0.261. The lowest BCUT2D eigenvalue weighted by atomic mass is 9.93. The molecule has 0 unspecified atom stereocenters. The van der Waals surface area contributed by atoms with Gasteiger partial charge in [-0.1, -0.05) is 41.4 Å². The Morgan fingerprint density at radius 2 is 1.80 bits per heavy atom. The third kappa shape index (κ3) is 3.59. The summed E-state index contributed by atoms with van der Waals surface area (Å²) < 4.78 is 1.63. The number of carbonyl (C=O) groups is 2. The van der Waals surface area contributed by atoms with Gasteiger partial charge in [0.2, 0.25) is 5.91 Å². The number of anilines is 1. The molecule has 3 aromatic rings. The maximum absolute atomic E-state index is 13.4. The molecule has 6 nitrogen and oxygen atoms in total. The Labute approximate surface area is 180 Å². The van der Waals surface area contributed by atoms with Crippen molar-refractivity contribution in [2.75, 3.05) is 4.90 Å². The molecule has 1 aliphatic rings. The molecule has 0 fully saturated rings. The molecule has 4 rings (SSSR count). The molecule has 0 bridgehead atoms. The Morgan fingerprint density at radius 1 is 1.13 bits per heavy atom. The van der Waals surface area contributed by atoms with Gasteiger partial charge in [0.15, 0.2) is 0 Å². The van der Waals surface area contributed by atoms with E-state index in [0.717, 1.165) is 16.8 Å². The molecule has 1 aliphatic heterocycles. The van der Waals surface area contributed by atoms with Gasteiger partial charge in [-0.05, 0) is 56.7 Å². The number of fused-ring (bicyclic) bond motifs is 1. The zero-order valence-electron chi connectivity index (χ0n) is 17.1. The largest absolute Gasteiger partial charge is 0.350 e. The van der Waals surface area contributed by atoms with Gasteiger partial charge in [-0.15, -0.1) is 0 Å². The van der Waals surface area contributed by atoms with Crippen molar-refractivity contribution in [3.63, 3.8) is 0 Å². The van der Waals surface area contributed by atoms with Gasteiger partial charge in [-0.2, -0.15) is 5.10 Å². The minimum absolute atomic E-state index is 0.241. The summed E-state index contributed by atoms with van der Waals surface area (Å²) in [4.78, 5) is 28.4. The normalized spacial score (nSPS) is 18.3. The highest BCUT2D eigenvalue weighted by molar-refractivity contribution is 6.30. The molecular weight excluding hydrogens is 400 g/mol. The predicted octanol–water partition coefficient (Wildman–Crippen LogP) is 3.89. The van der Waals surface area contributed by atoms with Gasteiger partial charge < -0.3 is 5.32 Å². The van der Waals surface area contributed by atoms with Crippen LogP contribution in [0, 0.1) is 13.8 Å². The van der Waals surface area contributed by atoms with Crippen LogP contribution in [-0.4, -0.2) is 27.1 Å². The van der Waals surface area contributed by atoms with Crippen LogP contribution in [0.25, 0.3) is 0 Å². The topological polar surface area (TPSA) is 67.2 Å². The molecule has 2 heterocycles. The highest BCUT2D eigenvalue weighted by Gasteiger charge is 2.48. The van der Waals surface area contributed by atoms with E-state index < -0.39 is 5.54 Å². The number of hydrogen-bond donors (Lipinski definition) is 1. The van der Waals surface area contributed by atoms with Crippen molar-refractivity contribution in [1.29, 1.82) is 0 Å². The van der Waals surface area contributed by atoms with Gasteiger partial charge in [-0.25, -0.2) is 0 Å². The van der Waals surface area contributed by atoms with Crippen molar-refractivity contribution in [1.82, 2.24) is 15.1 Å². The van der Waals surface area contributed by atoms with Crippen LogP contribution < -0.4 is 10.2 Å². The molecule has 2 aromatic carbocycles.